The smallest absolute Gasteiger partial charge is 0.272 e. The molecule has 1 amide bonds. The summed E-state index contributed by atoms with van der Waals surface area (Å²) in [5.41, 5.74) is 3.73. The summed E-state index contributed by atoms with van der Waals surface area (Å²) in [6, 6.07) is 18.5. The van der Waals surface area contributed by atoms with E-state index in [1.54, 1.807) is 43.6 Å². The molecule has 188 valence electrons. The topological polar surface area (TPSA) is 110 Å². The summed E-state index contributed by atoms with van der Waals surface area (Å²) in [5.74, 6) is 0.868. The van der Waals surface area contributed by atoms with E-state index in [4.69, 9.17) is 11.0 Å². The fourth-order valence-corrected chi connectivity index (χ4v) is 4.70. The van der Waals surface area contributed by atoms with Crippen LogP contribution in [-0.2, 0) is 7.05 Å². The molecule has 1 aliphatic heterocycles. The van der Waals surface area contributed by atoms with Gasteiger partial charge in [-0.05, 0) is 35.0 Å². The Morgan fingerprint density at radius 1 is 1.05 bits per heavy atom. The van der Waals surface area contributed by atoms with E-state index < -0.39 is 0 Å². The standard InChI is InChI=1S/C27H23N9O2/c1-28-20-8-9-23-21(17-20)30-26(38-23)19-10-11-29-22(16-19)27(37)36-14-12-35(13-15-36)24(18-6-4-3-5-7-18)25-31-33-34(2)32-25/h3-11,16-17,24H,12-15H2,2H3. The zero-order chi connectivity index (χ0) is 26.1. The van der Waals surface area contributed by atoms with Gasteiger partial charge in [-0.15, -0.1) is 10.2 Å². The molecule has 1 aliphatic rings. The highest BCUT2D eigenvalue weighted by Gasteiger charge is 2.31. The van der Waals surface area contributed by atoms with Crippen LogP contribution in [0.1, 0.15) is 27.9 Å². The second-order valence-corrected chi connectivity index (χ2v) is 8.99. The molecule has 5 aromatic rings. The molecule has 0 saturated carbocycles. The number of hydrogen-bond acceptors (Lipinski definition) is 8. The Bertz CT molecular complexity index is 1650. The highest BCUT2D eigenvalue weighted by atomic mass is 16.3. The number of piperazine rings is 1. The summed E-state index contributed by atoms with van der Waals surface area (Å²) in [4.78, 5) is 31.2. The average molecular weight is 506 g/mol. The van der Waals surface area contributed by atoms with Gasteiger partial charge in [-0.1, -0.05) is 36.4 Å². The molecule has 11 nitrogen and oxygen atoms in total. The Kier molecular flexibility index (Phi) is 6.07. The molecule has 0 bridgehead atoms. The Morgan fingerprint density at radius 3 is 2.61 bits per heavy atom. The maximum Gasteiger partial charge on any atom is 0.272 e. The van der Waals surface area contributed by atoms with Gasteiger partial charge in [-0.25, -0.2) is 9.83 Å². The van der Waals surface area contributed by atoms with E-state index in [-0.39, 0.29) is 11.9 Å². The van der Waals surface area contributed by atoms with Gasteiger partial charge in [0.15, 0.2) is 17.1 Å². The number of benzene rings is 2. The highest BCUT2D eigenvalue weighted by molar-refractivity contribution is 5.93. The molecule has 1 saturated heterocycles. The molecule has 0 aliphatic carbocycles. The quantitative estimate of drug-likeness (QED) is 0.334. The van der Waals surface area contributed by atoms with Crippen LogP contribution in [-0.4, -0.2) is 72.1 Å². The van der Waals surface area contributed by atoms with Crippen molar-refractivity contribution in [2.24, 2.45) is 7.05 Å². The molecule has 4 heterocycles. The molecule has 1 fully saturated rings. The van der Waals surface area contributed by atoms with E-state index in [1.807, 2.05) is 23.1 Å². The number of amides is 1. The maximum atomic E-state index is 13.4. The predicted octanol–water partition coefficient (Wildman–Crippen LogP) is 3.51. The lowest BCUT2D eigenvalue weighted by molar-refractivity contribution is 0.0586. The third kappa shape index (κ3) is 4.49. The Hall–Kier alpha value is -4.95. The van der Waals surface area contributed by atoms with Crippen LogP contribution in [0.4, 0.5) is 5.69 Å². The van der Waals surface area contributed by atoms with Gasteiger partial charge in [0.1, 0.15) is 5.69 Å². The molecule has 38 heavy (non-hydrogen) atoms. The van der Waals surface area contributed by atoms with Gasteiger partial charge >= 0.3 is 0 Å². The van der Waals surface area contributed by atoms with Crippen LogP contribution in [0.15, 0.2) is 71.3 Å². The molecular formula is C27H23N9O2. The molecule has 1 atom stereocenters. The van der Waals surface area contributed by atoms with Crippen LogP contribution < -0.4 is 0 Å². The molecule has 0 radical (unpaired) electrons. The molecule has 0 N–H and O–H groups in total. The first-order valence-corrected chi connectivity index (χ1v) is 12.2. The number of oxazole rings is 1. The van der Waals surface area contributed by atoms with Crippen molar-refractivity contribution in [3.05, 3.63) is 95.4 Å². The lowest BCUT2D eigenvalue weighted by atomic mass is 10.0. The largest absolute Gasteiger partial charge is 0.436 e. The second-order valence-electron chi connectivity index (χ2n) is 8.99. The fraction of sp³-hybridized carbons (Fsp3) is 0.222. The van der Waals surface area contributed by atoms with Gasteiger partial charge in [-0.2, -0.15) is 4.80 Å². The number of hydrogen-bond donors (Lipinski definition) is 0. The van der Waals surface area contributed by atoms with Crippen LogP contribution in [0.5, 0.6) is 0 Å². The monoisotopic (exact) mass is 505 g/mol. The third-order valence-electron chi connectivity index (χ3n) is 6.58. The van der Waals surface area contributed by atoms with Gasteiger partial charge < -0.3 is 9.32 Å². The van der Waals surface area contributed by atoms with Crippen molar-refractivity contribution in [2.45, 2.75) is 6.04 Å². The third-order valence-corrected chi connectivity index (χ3v) is 6.58. The maximum absolute atomic E-state index is 13.4. The van der Waals surface area contributed by atoms with E-state index in [1.165, 1.54) is 4.80 Å². The van der Waals surface area contributed by atoms with Gasteiger partial charge in [0.25, 0.3) is 5.91 Å². The first-order valence-electron chi connectivity index (χ1n) is 12.2. The van der Waals surface area contributed by atoms with Crippen LogP contribution in [0.2, 0.25) is 0 Å². The van der Waals surface area contributed by atoms with Gasteiger partial charge in [-0.3, -0.25) is 14.7 Å². The van der Waals surface area contributed by atoms with Gasteiger partial charge in [0.05, 0.1) is 25.2 Å². The molecule has 1 unspecified atom stereocenters. The van der Waals surface area contributed by atoms with E-state index in [0.717, 1.165) is 5.56 Å². The van der Waals surface area contributed by atoms with E-state index in [2.05, 4.69) is 47.3 Å². The lowest BCUT2D eigenvalue weighted by Crippen LogP contribution is -2.50. The first kappa shape index (κ1) is 23.4. The first-order chi connectivity index (χ1) is 18.6. The number of aryl methyl sites for hydroxylation is 1. The molecular weight excluding hydrogens is 482 g/mol. The lowest BCUT2D eigenvalue weighted by Gasteiger charge is -2.38. The van der Waals surface area contributed by atoms with Crippen molar-refractivity contribution in [1.29, 1.82) is 0 Å². The van der Waals surface area contributed by atoms with Crippen LogP contribution in [0.25, 0.3) is 27.4 Å². The van der Waals surface area contributed by atoms with Gasteiger partial charge in [0, 0.05) is 37.9 Å². The number of carbonyl (C=O) groups is 1. The summed E-state index contributed by atoms with van der Waals surface area (Å²) in [6.45, 7) is 9.57. The van der Waals surface area contributed by atoms with Crippen LogP contribution in [0.3, 0.4) is 0 Å². The van der Waals surface area contributed by atoms with Crippen molar-refractivity contribution >= 4 is 22.7 Å². The van der Waals surface area contributed by atoms with E-state index in [9.17, 15) is 4.79 Å². The normalized spacial score (nSPS) is 14.9. The number of fused-ring (bicyclic) bond motifs is 1. The molecule has 2 aromatic carbocycles. The van der Waals surface area contributed by atoms with Crippen molar-refractivity contribution in [3.8, 4) is 11.5 Å². The minimum Gasteiger partial charge on any atom is -0.436 e. The van der Waals surface area contributed by atoms with Crippen molar-refractivity contribution < 1.29 is 9.21 Å². The number of pyridine rings is 1. The number of nitrogens with zero attached hydrogens (tertiary/aromatic N) is 9. The Balaban J connectivity index is 1.19. The van der Waals surface area contributed by atoms with E-state index >= 15 is 0 Å². The van der Waals surface area contributed by atoms with Crippen molar-refractivity contribution in [1.82, 2.24) is 40.0 Å². The zero-order valence-electron chi connectivity index (χ0n) is 20.6. The SMILES string of the molecule is [C-]#[N+]c1ccc2oc(-c3ccnc(C(=O)N4CCN(C(c5ccccc5)c5nnn(C)n5)CC4)c3)nc2c1. The predicted molar refractivity (Wildman–Crippen MR) is 138 cm³/mol. The number of rotatable bonds is 5. The summed E-state index contributed by atoms with van der Waals surface area (Å²) in [7, 11) is 1.75. The number of aromatic nitrogens is 6. The fourth-order valence-electron chi connectivity index (χ4n) is 4.70. The van der Waals surface area contributed by atoms with Crippen LogP contribution in [0, 0.1) is 6.57 Å². The summed E-state index contributed by atoms with van der Waals surface area (Å²) < 4.78 is 5.87. The minimum absolute atomic E-state index is 0.146. The minimum atomic E-state index is -0.147. The average Bonchev–Trinajstić information content (AvgIpc) is 3.59. The van der Waals surface area contributed by atoms with Crippen LogP contribution >= 0.6 is 0 Å². The van der Waals surface area contributed by atoms with E-state index in [0.29, 0.717) is 65.9 Å². The van der Waals surface area contributed by atoms with Gasteiger partial charge in [0.2, 0.25) is 5.89 Å². The summed E-state index contributed by atoms with van der Waals surface area (Å²) in [6.07, 6.45) is 1.59. The molecule has 0 spiro atoms. The number of carbonyl (C=O) groups excluding carboxylic acids is 1. The Labute approximate surface area is 218 Å². The Morgan fingerprint density at radius 2 is 1.87 bits per heavy atom. The second kappa shape index (κ2) is 9.84. The molecule has 3 aromatic heterocycles. The van der Waals surface area contributed by atoms with Crippen molar-refractivity contribution in [3.63, 3.8) is 0 Å². The summed E-state index contributed by atoms with van der Waals surface area (Å²) in [5, 5.41) is 12.8. The number of tetrazole rings is 1. The van der Waals surface area contributed by atoms with Crippen molar-refractivity contribution in [2.75, 3.05) is 26.2 Å². The zero-order valence-corrected chi connectivity index (χ0v) is 20.6. The highest BCUT2D eigenvalue weighted by Crippen LogP contribution is 2.29. The molecule has 6 rings (SSSR count). The summed E-state index contributed by atoms with van der Waals surface area (Å²) >= 11 is 0. The molecule has 11 heteroatoms.